The highest BCUT2D eigenvalue weighted by atomic mass is 32.2. The third kappa shape index (κ3) is 3.27. The van der Waals surface area contributed by atoms with E-state index >= 15 is 0 Å². The first-order valence-electron chi connectivity index (χ1n) is 8.77. The van der Waals surface area contributed by atoms with Gasteiger partial charge in [-0.05, 0) is 30.4 Å². The number of nitrogens with zero attached hydrogens (tertiary/aromatic N) is 2. The van der Waals surface area contributed by atoms with Crippen LogP contribution in [-0.2, 0) is 14.8 Å². The fourth-order valence-corrected chi connectivity index (χ4v) is 5.04. The molecule has 0 bridgehead atoms. The average Bonchev–Trinajstić information content (AvgIpc) is 3.23. The van der Waals surface area contributed by atoms with Gasteiger partial charge in [0.05, 0.1) is 12.5 Å². The highest BCUT2D eigenvalue weighted by Gasteiger charge is 2.65. The SMILES string of the molecule is CCC(=O)[C@@]12C[C@@H]1CN(S(=O)(=O)c1ccc(OC/C(=C\F)CC)nc1)C2. The van der Waals surface area contributed by atoms with Gasteiger partial charge in [0.25, 0.3) is 0 Å². The summed E-state index contributed by atoms with van der Waals surface area (Å²) in [6.07, 6.45) is 3.50. The van der Waals surface area contributed by atoms with Crippen LogP contribution in [0.1, 0.15) is 33.1 Å². The number of fused-ring (bicyclic) bond motifs is 1. The van der Waals surface area contributed by atoms with E-state index in [-0.39, 0.29) is 35.6 Å². The van der Waals surface area contributed by atoms with Crippen LogP contribution in [0.4, 0.5) is 4.39 Å². The van der Waals surface area contributed by atoms with Gasteiger partial charge in [-0.3, -0.25) is 4.79 Å². The zero-order valence-electron chi connectivity index (χ0n) is 14.9. The molecule has 6 nitrogen and oxygen atoms in total. The minimum atomic E-state index is -3.69. The second-order valence-corrected chi connectivity index (χ2v) is 8.81. The van der Waals surface area contributed by atoms with E-state index < -0.39 is 15.4 Å². The lowest BCUT2D eigenvalue weighted by Gasteiger charge is -2.20. The van der Waals surface area contributed by atoms with Crippen LogP contribution >= 0.6 is 0 Å². The van der Waals surface area contributed by atoms with E-state index in [9.17, 15) is 17.6 Å². The van der Waals surface area contributed by atoms with Crippen LogP contribution in [0.25, 0.3) is 0 Å². The number of piperidine rings is 1. The van der Waals surface area contributed by atoms with Crippen molar-refractivity contribution in [2.75, 3.05) is 19.7 Å². The van der Waals surface area contributed by atoms with E-state index in [0.717, 1.165) is 6.42 Å². The molecule has 0 unspecified atom stereocenters. The van der Waals surface area contributed by atoms with Gasteiger partial charge in [-0.15, -0.1) is 0 Å². The molecular weight excluding hydrogens is 359 g/mol. The van der Waals surface area contributed by atoms with Gasteiger partial charge in [-0.1, -0.05) is 13.8 Å². The number of carbonyl (C=O) groups is 1. The van der Waals surface area contributed by atoms with Crippen molar-refractivity contribution in [1.82, 2.24) is 9.29 Å². The van der Waals surface area contributed by atoms with Crippen molar-refractivity contribution >= 4 is 15.8 Å². The van der Waals surface area contributed by atoms with Crippen LogP contribution in [0, 0.1) is 11.3 Å². The lowest BCUT2D eigenvalue weighted by Crippen LogP contribution is -2.33. The predicted octanol–water partition coefficient (Wildman–Crippen LogP) is 2.71. The Labute approximate surface area is 153 Å². The van der Waals surface area contributed by atoms with Crippen molar-refractivity contribution in [1.29, 1.82) is 0 Å². The number of carbonyl (C=O) groups excluding carboxylic acids is 1. The Morgan fingerprint density at radius 1 is 1.42 bits per heavy atom. The Hall–Kier alpha value is -1.80. The molecule has 0 radical (unpaired) electrons. The zero-order valence-corrected chi connectivity index (χ0v) is 15.8. The van der Waals surface area contributed by atoms with Crippen LogP contribution in [-0.4, -0.2) is 43.2 Å². The highest BCUT2D eigenvalue weighted by molar-refractivity contribution is 7.89. The second kappa shape index (κ2) is 7.08. The molecule has 8 heteroatoms. The van der Waals surface area contributed by atoms with Crippen molar-refractivity contribution in [3.63, 3.8) is 0 Å². The molecule has 1 aliphatic carbocycles. The van der Waals surface area contributed by atoms with Crippen molar-refractivity contribution in [3.05, 3.63) is 30.2 Å². The molecule has 142 valence electrons. The van der Waals surface area contributed by atoms with Gasteiger partial charge in [0.1, 0.15) is 17.3 Å². The summed E-state index contributed by atoms with van der Waals surface area (Å²) in [6.45, 7) is 4.34. The molecule has 2 atom stereocenters. The van der Waals surface area contributed by atoms with E-state index in [4.69, 9.17) is 4.74 Å². The van der Waals surface area contributed by atoms with Gasteiger partial charge >= 0.3 is 0 Å². The van der Waals surface area contributed by atoms with Crippen molar-refractivity contribution in [3.8, 4) is 5.88 Å². The molecule has 0 N–H and O–H groups in total. The van der Waals surface area contributed by atoms with Gasteiger partial charge in [0.2, 0.25) is 15.9 Å². The number of Topliss-reactive ketones (excluding diaryl/α,β-unsaturated/α-hetero) is 1. The predicted molar refractivity (Wildman–Crippen MR) is 93.8 cm³/mol. The minimum Gasteiger partial charge on any atom is -0.473 e. The van der Waals surface area contributed by atoms with Crippen LogP contribution < -0.4 is 4.74 Å². The Bertz CT molecular complexity index is 822. The monoisotopic (exact) mass is 382 g/mol. The van der Waals surface area contributed by atoms with Crippen LogP contribution in [0.2, 0.25) is 0 Å². The van der Waals surface area contributed by atoms with E-state index in [1.165, 1.54) is 22.6 Å². The molecule has 26 heavy (non-hydrogen) atoms. The van der Waals surface area contributed by atoms with Crippen LogP contribution in [0.15, 0.2) is 35.1 Å². The fourth-order valence-electron chi connectivity index (χ4n) is 3.53. The van der Waals surface area contributed by atoms with E-state index in [1.54, 1.807) is 0 Å². The standard InChI is InChI=1S/C18H23FN2O4S/c1-3-13(8-19)11-25-17-6-5-15(9-20-17)26(23,24)21-10-14-7-18(14,12-21)16(22)4-2/h5-6,8-9,14H,3-4,7,10-12H2,1-2H3/b13-8-/t14-,18-/m1/s1. The molecule has 1 saturated carbocycles. The summed E-state index contributed by atoms with van der Waals surface area (Å²) in [5.74, 6) is 0.522. The number of hydrogen-bond acceptors (Lipinski definition) is 5. The molecular formula is C18H23FN2O4S. The minimum absolute atomic E-state index is 0.0710. The first-order chi connectivity index (χ1) is 12.4. The number of halogens is 1. The Kier molecular flexibility index (Phi) is 5.16. The van der Waals surface area contributed by atoms with Crippen LogP contribution in [0.3, 0.4) is 0 Å². The number of pyridine rings is 1. The molecule has 2 fully saturated rings. The molecule has 2 heterocycles. The smallest absolute Gasteiger partial charge is 0.244 e. The topological polar surface area (TPSA) is 76.6 Å². The van der Waals surface area contributed by atoms with E-state index in [0.29, 0.717) is 31.3 Å². The first kappa shape index (κ1) is 19.0. The maximum atomic E-state index is 12.8. The molecule has 0 spiro atoms. The lowest BCUT2D eigenvalue weighted by molar-refractivity contribution is -0.123. The zero-order chi connectivity index (χ0) is 18.9. The summed E-state index contributed by atoms with van der Waals surface area (Å²) in [4.78, 5) is 16.2. The number of ketones is 1. The Balaban J connectivity index is 1.68. The van der Waals surface area contributed by atoms with E-state index in [2.05, 4.69) is 4.98 Å². The van der Waals surface area contributed by atoms with Gasteiger partial charge in [-0.25, -0.2) is 17.8 Å². The highest BCUT2D eigenvalue weighted by Crippen LogP contribution is 2.59. The summed E-state index contributed by atoms with van der Waals surface area (Å²) >= 11 is 0. The Morgan fingerprint density at radius 3 is 2.77 bits per heavy atom. The average molecular weight is 382 g/mol. The Morgan fingerprint density at radius 2 is 2.19 bits per heavy atom. The molecule has 1 aromatic heterocycles. The quantitative estimate of drug-likeness (QED) is 0.691. The number of ether oxygens (including phenoxy) is 1. The largest absolute Gasteiger partial charge is 0.473 e. The third-order valence-electron chi connectivity index (χ3n) is 5.35. The normalized spacial score (nSPS) is 25.8. The van der Waals surface area contributed by atoms with E-state index in [1.807, 2.05) is 13.8 Å². The molecule has 1 aliphatic heterocycles. The number of rotatable bonds is 8. The number of aromatic nitrogens is 1. The van der Waals surface area contributed by atoms with Crippen molar-refractivity contribution < 1.29 is 22.3 Å². The first-order valence-corrected chi connectivity index (χ1v) is 10.2. The molecule has 0 amide bonds. The van der Waals surface area contributed by atoms with Crippen molar-refractivity contribution in [2.24, 2.45) is 11.3 Å². The lowest BCUT2D eigenvalue weighted by atomic mass is 9.98. The maximum absolute atomic E-state index is 12.8. The van der Waals surface area contributed by atoms with Gasteiger partial charge in [-0.2, -0.15) is 4.31 Å². The molecule has 0 aromatic carbocycles. The third-order valence-corrected chi connectivity index (χ3v) is 7.15. The summed E-state index contributed by atoms with van der Waals surface area (Å²) in [7, 11) is -3.69. The van der Waals surface area contributed by atoms with Crippen molar-refractivity contribution in [2.45, 2.75) is 38.0 Å². The van der Waals surface area contributed by atoms with Gasteiger partial charge < -0.3 is 4.74 Å². The number of sulfonamides is 1. The second-order valence-electron chi connectivity index (χ2n) is 6.87. The summed E-state index contributed by atoms with van der Waals surface area (Å²) < 4.78 is 44.9. The maximum Gasteiger partial charge on any atom is 0.244 e. The summed E-state index contributed by atoms with van der Waals surface area (Å²) in [5, 5.41) is 0. The number of hydrogen-bond donors (Lipinski definition) is 0. The van der Waals surface area contributed by atoms with Gasteiger partial charge in [0, 0.05) is 31.0 Å². The molecule has 3 rings (SSSR count). The molecule has 1 saturated heterocycles. The fraction of sp³-hybridized carbons (Fsp3) is 0.556. The molecule has 2 aliphatic rings. The molecule has 1 aromatic rings. The summed E-state index contributed by atoms with van der Waals surface area (Å²) in [6, 6.07) is 2.89. The van der Waals surface area contributed by atoms with Crippen LogP contribution in [0.5, 0.6) is 5.88 Å². The summed E-state index contributed by atoms with van der Waals surface area (Å²) in [5.41, 5.74) is 0.0266. The van der Waals surface area contributed by atoms with Gasteiger partial charge in [0.15, 0.2) is 0 Å².